The number of aryl methyl sites for hydroxylation is 1. The number of anilines is 1. The van der Waals surface area contributed by atoms with Crippen LogP contribution >= 0.6 is 34.5 Å². The lowest BCUT2D eigenvalue weighted by Crippen LogP contribution is -2.32. The van der Waals surface area contributed by atoms with Crippen molar-refractivity contribution in [1.29, 1.82) is 0 Å². The molecule has 0 fully saturated rings. The quantitative estimate of drug-likeness (QED) is 0.318. The molecule has 1 aliphatic rings. The summed E-state index contributed by atoms with van der Waals surface area (Å²) in [4.78, 5) is 37.6. The lowest BCUT2D eigenvalue weighted by Gasteiger charge is -2.11. The highest BCUT2D eigenvalue weighted by atomic mass is 35.5. The molecule has 0 saturated carbocycles. The summed E-state index contributed by atoms with van der Waals surface area (Å²) < 4.78 is 4.85. The number of halogens is 2. The first kappa shape index (κ1) is 21.3. The number of carbonyl (C=O) groups is 3. The first-order chi connectivity index (χ1) is 13.9. The van der Waals surface area contributed by atoms with Crippen LogP contribution in [0.25, 0.3) is 0 Å². The predicted octanol–water partition coefficient (Wildman–Crippen LogP) is 3.81. The molecular formula is C19H17Cl2N3O4S. The summed E-state index contributed by atoms with van der Waals surface area (Å²) in [6.07, 6.45) is 4.83. The number of ether oxygens (including phenoxy) is 1. The molecule has 0 aliphatic heterocycles. The Labute approximate surface area is 181 Å². The van der Waals surface area contributed by atoms with Crippen LogP contribution in [0.15, 0.2) is 23.3 Å². The summed E-state index contributed by atoms with van der Waals surface area (Å²) >= 11 is 13.2. The van der Waals surface area contributed by atoms with Gasteiger partial charge in [0.15, 0.2) is 0 Å². The Bertz CT molecular complexity index is 1000. The predicted molar refractivity (Wildman–Crippen MR) is 113 cm³/mol. The van der Waals surface area contributed by atoms with Crippen molar-refractivity contribution in [3.05, 3.63) is 49.8 Å². The smallest absolute Gasteiger partial charge is 0.341 e. The summed E-state index contributed by atoms with van der Waals surface area (Å²) in [6, 6.07) is 4.95. The molecule has 7 nitrogen and oxygen atoms in total. The van der Waals surface area contributed by atoms with Crippen LogP contribution in [-0.4, -0.2) is 31.1 Å². The van der Waals surface area contributed by atoms with Gasteiger partial charge in [-0.1, -0.05) is 35.3 Å². The van der Waals surface area contributed by atoms with Gasteiger partial charge in [0.25, 0.3) is 0 Å². The maximum atomic E-state index is 12.3. The van der Waals surface area contributed by atoms with Crippen molar-refractivity contribution in [3.63, 3.8) is 0 Å². The van der Waals surface area contributed by atoms with E-state index >= 15 is 0 Å². The molecule has 1 aliphatic carbocycles. The molecule has 0 radical (unpaired) electrons. The number of rotatable bonds is 4. The number of thiophene rings is 1. The van der Waals surface area contributed by atoms with Crippen molar-refractivity contribution in [1.82, 2.24) is 5.43 Å². The molecule has 29 heavy (non-hydrogen) atoms. The second-order valence-corrected chi connectivity index (χ2v) is 8.09. The molecule has 3 rings (SSSR count). The van der Waals surface area contributed by atoms with Crippen molar-refractivity contribution in [2.45, 2.75) is 25.7 Å². The molecule has 2 aromatic rings. The normalized spacial score (nSPS) is 13.1. The Balaban J connectivity index is 1.71. The van der Waals surface area contributed by atoms with Crippen molar-refractivity contribution < 1.29 is 19.1 Å². The van der Waals surface area contributed by atoms with E-state index < -0.39 is 17.8 Å². The number of hydrogen-bond acceptors (Lipinski definition) is 6. The van der Waals surface area contributed by atoms with Crippen LogP contribution in [-0.2, 0) is 27.2 Å². The van der Waals surface area contributed by atoms with E-state index in [2.05, 4.69) is 15.8 Å². The SMILES string of the molecule is COC(=O)c1c(NC(=O)C(=O)N/N=C/c2cccc(Cl)c2Cl)sc2c1CCCC2. The van der Waals surface area contributed by atoms with Crippen LogP contribution in [0.5, 0.6) is 0 Å². The van der Waals surface area contributed by atoms with Gasteiger partial charge in [-0.2, -0.15) is 5.10 Å². The molecule has 1 aromatic carbocycles. The molecule has 10 heteroatoms. The third kappa shape index (κ3) is 4.77. The highest BCUT2D eigenvalue weighted by Crippen LogP contribution is 2.38. The molecule has 0 atom stereocenters. The van der Waals surface area contributed by atoms with Crippen molar-refractivity contribution in [2.24, 2.45) is 5.10 Å². The second-order valence-electron chi connectivity index (χ2n) is 6.20. The Morgan fingerprint density at radius 1 is 1.17 bits per heavy atom. The van der Waals surface area contributed by atoms with E-state index in [1.807, 2.05) is 0 Å². The van der Waals surface area contributed by atoms with E-state index in [0.29, 0.717) is 21.2 Å². The minimum atomic E-state index is -0.985. The molecular weight excluding hydrogens is 437 g/mol. The fourth-order valence-electron chi connectivity index (χ4n) is 2.96. The van der Waals surface area contributed by atoms with Crippen LogP contribution in [0.4, 0.5) is 5.00 Å². The lowest BCUT2D eigenvalue weighted by atomic mass is 9.95. The molecule has 152 valence electrons. The van der Waals surface area contributed by atoms with E-state index in [-0.39, 0.29) is 5.02 Å². The zero-order valence-corrected chi connectivity index (χ0v) is 17.7. The van der Waals surface area contributed by atoms with Gasteiger partial charge in [-0.05, 0) is 37.3 Å². The summed E-state index contributed by atoms with van der Waals surface area (Å²) in [5.41, 5.74) is 3.82. The molecule has 0 saturated heterocycles. The average molecular weight is 454 g/mol. The molecule has 2 N–H and O–H groups in total. The number of esters is 1. The van der Waals surface area contributed by atoms with E-state index in [4.69, 9.17) is 27.9 Å². The Morgan fingerprint density at radius 3 is 2.69 bits per heavy atom. The lowest BCUT2D eigenvalue weighted by molar-refractivity contribution is -0.136. The summed E-state index contributed by atoms with van der Waals surface area (Å²) in [5.74, 6) is -2.46. The maximum absolute atomic E-state index is 12.3. The second kappa shape index (κ2) is 9.39. The fraction of sp³-hybridized carbons (Fsp3) is 0.263. The molecule has 1 aromatic heterocycles. The van der Waals surface area contributed by atoms with Crippen molar-refractivity contribution in [3.8, 4) is 0 Å². The summed E-state index contributed by atoms with van der Waals surface area (Å²) in [6.45, 7) is 0. The summed E-state index contributed by atoms with van der Waals surface area (Å²) in [7, 11) is 1.28. The molecule has 0 bridgehead atoms. The van der Waals surface area contributed by atoms with Gasteiger partial charge < -0.3 is 10.1 Å². The van der Waals surface area contributed by atoms with Gasteiger partial charge in [-0.3, -0.25) is 9.59 Å². The first-order valence-electron chi connectivity index (χ1n) is 8.73. The Hall–Kier alpha value is -2.42. The number of nitrogens with one attached hydrogen (secondary N) is 2. The number of nitrogens with zero attached hydrogens (tertiary/aromatic N) is 1. The minimum Gasteiger partial charge on any atom is -0.465 e. The van der Waals surface area contributed by atoms with Crippen molar-refractivity contribution >= 4 is 63.5 Å². The standard InChI is InChI=1S/C19H17Cl2N3O4S/c1-28-19(27)14-11-6-2-3-8-13(11)29-18(14)23-16(25)17(26)24-22-9-10-5-4-7-12(20)15(10)21/h4-5,7,9H,2-3,6,8H2,1H3,(H,23,25)(H,24,26)/b22-9+. The van der Waals surface area contributed by atoms with Gasteiger partial charge in [0.05, 0.1) is 28.9 Å². The van der Waals surface area contributed by atoms with Crippen molar-refractivity contribution in [2.75, 3.05) is 12.4 Å². The van der Waals surface area contributed by atoms with Gasteiger partial charge in [-0.15, -0.1) is 11.3 Å². The van der Waals surface area contributed by atoms with E-state index in [1.54, 1.807) is 18.2 Å². The zero-order valence-electron chi connectivity index (χ0n) is 15.4. The van der Waals surface area contributed by atoms with Crippen LogP contribution in [0.2, 0.25) is 10.0 Å². The molecule has 2 amide bonds. The average Bonchev–Trinajstić information content (AvgIpc) is 3.08. The summed E-state index contributed by atoms with van der Waals surface area (Å²) in [5, 5.41) is 7.16. The van der Waals surface area contributed by atoms with Gasteiger partial charge in [0.1, 0.15) is 5.00 Å². The molecule has 0 spiro atoms. The molecule has 1 heterocycles. The van der Waals surface area contributed by atoms with Gasteiger partial charge in [-0.25, -0.2) is 10.2 Å². The van der Waals surface area contributed by atoms with E-state index in [1.165, 1.54) is 24.7 Å². The third-order valence-corrected chi connectivity index (χ3v) is 6.39. The number of fused-ring (bicyclic) bond motifs is 1. The van der Waals surface area contributed by atoms with E-state index in [0.717, 1.165) is 36.1 Å². The van der Waals surface area contributed by atoms with Gasteiger partial charge >= 0.3 is 17.8 Å². The monoisotopic (exact) mass is 453 g/mol. The number of benzene rings is 1. The highest BCUT2D eigenvalue weighted by Gasteiger charge is 2.28. The number of carbonyl (C=O) groups excluding carboxylic acids is 3. The molecule has 0 unspecified atom stereocenters. The number of methoxy groups -OCH3 is 1. The van der Waals surface area contributed by atoms with Gasteiger partial charge in [0, 0.05) is 10.4 Å². The van der Waals surface area contributed by atoms with E-state index in [9.17, 15) is 14.4 Å². The number of hydrogen-bond donors (Lipinski definition) is 2. The van der Waals surface area contributed by atoms with Crippen LogP contribution in [0, 0.1) is 0 Å². The number of amides is 2. The van der Waals surface area contributed by atoms with Crippen LogP contribution < -0.4 is 10.7 Å². The topological polar surface area (TPSA) is 96.9 Å². The maximum Gasteiger partial charge on any atom is 0.341 e. The largest absolute Gasteiger partial charge is 0.465 e. The van der Waals surface area contributed by atoms with Gasteiger partial charge in [0.2, 0.25) is 0 Å². The van der Waals surface area contributed by atoms with Crippen LogP contribution in [0.3, 0.4) is 0 Å². The minimum absolute atomic E-state index is 0.281. The Morgan fingerprint density at radius 2 is 1.93 bits per heavy atom. The first-order valence-corrected chi connectivity index (χ1v) is 10.3. The zero-order chi connectivity index (χ0) is 21.0. The number of hydrazone groups is 1. The van der Waals surface area contributed by atoms with Crippen LogP contribution in [0.1, 0.15) is 39.2 Å². The fourth-order valence-corrected chi connectivity index (χ4v) is 4.59. The third-order valence-electron chi connectivity index (χ3n) is 4.35. The Kier molecular flexibility index (Phi) is 6.89. The highest BCUT2D eigenvalue weighted by molar-refractivity contribution is 7.17.